The topological polar surface area (TPSA) is 78.5 Å². The van der Waals surface area contributed by atoms with Crippen molar-refractivity contribution in [1.29, 1.82) is 0 Å². The van der Waals surface area contributed by atoms with Crippen LogP contribution in [0, 0.1) is 0 Å². The first kappa shape index (κ1) is 20.9. The van der Waals surface area contributed by atoms with E-state index < -0.39 is 17.6 Å². The van der Waals surface area contributed by atoms with E-state index in [1.165, 1.54) is 24.3 Å². The van der Waals surface area contributed by atoms with Crippen molar-refractivity contribution in [2.45, 2.75) is 24.9 Å². The van der Waals surface area contributed by atoms with Crippen LogP contribution >= 0.6 is 0 Å². The highest BCUT2D eigenvalue weighted by atomic mass is 19.4. The van der Waals surface area contributed by atoms with E-state index in [2.05, 4.69) is 10.6 Å². The van der Waals surface area contributed by atoms with Crippen LogP contribution in [0.2, 0.25) is 0 Å². The smallest absolute Gasteiger partial charge is 0.343 e. The van der Waals surface area contributed by atoms with Gasteiger partial charge in [-0.05, 0) is 42.7 Å². The molecule has 0 bridgehead atoms. The van der Waals surface area contributed by atoms with Crippen molar-refractivity contribution in [2.24, 2.45) is 0 Å². The summed E-state index contributed by atoms with van der Waals surface area (Å²) < 4.78 is 39.2. The van der Waals surface area contributed by atoms with Crippen LogP contribution < -0.4 is 10.6 Å². The van der Waals surface area contributed by atoms with Crippen molar-refractivity contribution in [3.05, 3.63) is 64.7 Å². The number of amides is 3. The molecule has 0 radical (unpaired) electrons. The number of hydrogen-bond acceptors (Lipinski definition) is 3. The zero-order valence-electron chi connectivity index (χ0n) is 16.5. The van der Waals surface area contributed by atoms with E-state index in [4.69, 9.17) is 0 Å². The number of anilines is 1. The lowest BCUT2D eigenvalue weighted by atomic mass is 9.89. The zero-order valence-corrected chi connectivity index (χ0v) is 16.5. The quantitative estimate of drug-likeness (QED) is 0.765. The van der Waals surface area contributed by atoms with Gasteiger partial charge in [0.05, 0.1) is 23.4 Å². The fourth-order valence-corrected chi connectivity index (χ4v) is 4.01. The van der Waals surface area contributed by atoms with Gasteiger partial charge in [0.1, 0.15) is 0 Å². The summed E-state index contributed by atoms with van der Waals surface area (Å²) in [6, 6.07) is 9.70. The van der Waals surface area contributed by atoms with Gasteiger partial charge in [0.15, 0.2) is 0 Å². The van der Waals surface area contributed by atoms with Crippen LogP contribution in [0.4, 0.5) is 18.9 Å². The van der Waals surface area contributed by atoms with Crippen molar-refractivity contribution >= 4 is 23.4 Å². The van der Waals surface area contributed by atoms with E-state index in [0.29, 0.717) is 37.1 Å². The number of hydrogen-bond donors (Lipinski definition) is 2. The summed E-state index contributed by atoms with van der Waals surface area (Å²) in [5.74, 6) is -1.29. The zero-order chi connectivity index (χ0) is 22.2. The Morgan fingerprint density at radius 2 is 1.90 bits per heavy atom. The van der Waals surface area contributed by atoms with Gasteiger partial charge in [0.25, 0.3) is 11.8 Å². The molecule has 162 valence electrons. The molecule has 31 heavy (non-hydrogen) atoms. The summed E-state index contributed by atoms with van der Waals surface area (Å²) in [5.41, 5.74) is 0.685. The van der Waals surface area contributed by atoms with Crippen LogP contribution in [-0.4, -0.2) is 42.3 Å². The van der Waals surface area contributed by atoms with Gasteiger partial charge >= 0.3 is 6.18 Å². The molecule has 3 amide bonds. The Hall–Kier alpha value is -3.36. The standard InChI is InChI=1S/C22H20F3N3O3/c23-22(24,25)16-5-1-3-13(9-16)15-4-2-8-28(12-15)21(31)14-6-7-17-18(10-14)27-19(29)11-26-20(17)30/h1,3,5-7,9-10,15H,2,4,8,11-12H2,(H,26,30)(H,27,29). The Morgan fingerprint density at radius 1 is 1.10 bits per heavy atom. The van der Waals surface area contributed by atoms with E-state index in [1.807, 2.05) is 0 Å². The fraction of sp³-hybridized carbons (Fsp3) is 0.318. The Kier molecular flexibility index (Phi) is 5.43. The van der Waals surface area contributed by atoms with Crippen molar-refractivity contribution < 1.29 is 27.6 Å². The van der Waals surface area contributed by atoms with Gasteiger partial charge < -0.3 is 15.5 Å². The minimum atomic E-state index is -4.42. The summed E-state index contributed by atoms with van der Waals surface area (Å²) in [7, 11) is 0. The maximum atomic E-state index is 13.1. The number of halogens is 3. The molecule has 1 atom stereocenters. The third-order valence-corrected chi connectivity index (χ3v) is 5.59. The molecule has 1 unspecified atom stereocenters. The number of likely N-dealkylation sites (tertiary alicyclic amines) is 1. The molecule has 0 spiro atoms. The number of nitrogens with one attached hydrogen (secondary N) is 2. The fourth-order valence-electron chi connectivity index (χ4n) is 4.01. The number of benzene rings is 2. The molecule has 1 fully saturated rings. The number of carbonyl (C=O) groups excluding carboxylic acids is 3. The molecule has 0 aromatic heterocycles. The molecular weight excluding hydrogens is 411 g/mol. The maximum absolute atomic E-state index is 13.1. The Morgan fingerprint density at radius 3 is 2.68 bits per heavy atom. The highest BCUT2D eigenvalue weighted by Crippen LogP contribution is 2.34. The van der Waals surface area contributed by atoms with Crippen LogP contribution in [0.5, 0.6) is 0 Å². The summed E-state index contributed by atoms with van der Waals surface area (Å²) in [6.07, 6.45) is -3.07. The molecular formula is C22H20F3N3O3. The largest absolute Gasteiger partial charge is 0.416 e. The monoisotopic (exact) mass is 431 g/mol. The highest BCUT2D eigenvalue weighted by molar-refractivity contribution is 6.10. The molecule has 2 aromatic rings. The number of carbonyl (C=O) groups is 3. The molecule has 0 aliphatic carbocycles. The molecule has 2 aliphatic heterocycles. The summed E-state index contributed by atoms with van der Waals surface area (Å²) in [4.78, 5) is 38.5. The van der Waals surface area contributed by atoms with Crippen molar-refractivity contribution in [3.63, 3.8) is 0 Å². The van der Waals surface area contributed by atoms with Crippen molar-refractivity contribution in [3.8, 4) is 0 Å². The molecule has 2 aromatic carbocycles. The van der Waals surface area contributed by atoms with E-state index in [0.717, 1.165) is 12.1 Å². The molecule has 1 saturated heterocycles. The van der Waals surface area contributed by atoms with Gasteiger partial charge in [-0.1, -0.05) is 18.2 Å². The number of alkyl halides is 3. The van der Waals surface area contributed by atoms with Crippen molar-refractivity contribution in [2.75, 3.05) is 25.0 Å². The SMILES string of the molecule is O=C1CNC(=O)c2ccc(C(=O)N3CCCC(c4cccc(C(F)(F)F)c4)C3)cc2N1. The van der Waals surface area contributed by atoms with Gasteiger partial charge in [0.2, 0.25) is 5.91 Å². The van der Waals surface area contributed by atoms with Gasteiger partial charge in [0, 0.05) is 24.6 Å². The summed E-state index contributed by atoms with van der Waals surface area (Å²) >= 11 is 0. The number of rotatable bonds is 2. The molecule has 4 rings (SSSR count). The lowest BCUT2D eigenvalue weighted by molar-refractivity contribution is -0.137. The Balaban J connectivity index is 1.55. The Bertz CT molecular complexity index is 1050. The van der Waals surface area contributed by atoms with E-state index >= 15 is 0 Å². The maximum Gasteiger partial charge on any atom is 0.416 e. The highest BCUT2D eigenvalue weighted by Gasteiger charge is 2.32. The first-order valence-electron chi connectivity index (χ1n) is 9.91. The minimum absolute atomic E-state index is 0.151. The number of piperidine rings is 1. The third kappa shape index (κ3) is 4.40. The second kappa shape index (κ2) is 8.05. The molecule has 2 N–H and O–H groups in total. The van der Waals surface area contributed by atoms with Gasteiger partial charge in [-0.25, -0.2) is 0 Å². The van der Waals surface area contributed by atoms with E-state index in [-0.39, 0.29) is 35.5 Å². The van der Waals surface area contributed by atoms with Gasteiger partial charge in [-0.15, -0.1) is 0 Å². The van der Waals surface area contributed by atoms with Crippen molar-refractivity contribution in [1.82, 2.24) is 10.2 Å². The van der Waals surface area contributed by atoms with Crippen LogP contribution in [0.25, 0.3) is 0 Å². The molecule has 2 heterocycles. The average molecular weight is 431 g/mol. The molecule has 2 aliphatic rings. The molecule has 9 heteroatoms. The number of fused-ring (bicyclic) bond motifs is 1. The predicted octanol–water partition coefficient (Wildman–Crippen LogP) is 3.41. The van der Waals surface area contributed by atoms with Gasteiger partial charge in [-0.3, -0.25) is 14.4 Å². The normalized spacial score (nSPS) is 19.2. The first-order chi connectivity index (χ1) is 14.7. The third-order valence-electron chi connectivity index (χ3n) is 5.59. The molecule has 6 nitrogen and oxygen atoms in total. The van der Waals surface area contributed by atoms with Crippen LogP contribution in [0.1, 0.15) is 50.6 Å². The average Bonchev–Trinajstić information content (AvgIpc) is 2.90. The second-order valence-electron chi connectivity index (χ2n) is 7.70. The lowest BCUT2D eigenvalue weighted by Crippen LogP contribution is -2.39. The van der Waals surface area contributed by atoms with E-state index in [1.54, 1.807) is 11.0 Å². The Labute approximate surface area is 176 Å². The lowest BCUT2D eigenvalue weighted by Gasteiger charge is -2.33. The summed E-state index contributed by atoms with van der Waals surface area (Å²) in [5, 5.41) is 5.08. The predicted molar refractivity (Wildman–Crippen MR) is 107 cm³/mol. The minimum Gasteiger partial charge on any atom is -0.343 e. The summed E-state index contributed by atoms with van der Waals surface area (Å²) in [6.45, 7) is 0.629. The second-order valence-corrected chi connectivity index (χ2v) is 7.70. The number of nitrogens with zero attached hydrogens (tertiary/aromatic N) is 1. The molecule has 0 saturated carbocycles. The first-order valence-corrected chi connectivity index (χ1v) is 9.91. The van der Waals surface area contributed by atoms with Crippen LogP contribution in [0.3, 0.4) is 0 Å². The van der Waals surface area contributed by atoms with Gasteiger partial charge in [-0.2, -0.15) is 13.2 Å². The van der Waals surface area contributed by atoms with E-state index in [9.17, 15) is 27.6 Å². The van der Waals surface area contributed by atoms with Crippen LogP contribution in [0.15, 0.2) is 42.5 Å². The van der Waals surface area contributed by atoms with Crippen LogP contribution in [-0.2, 0) is 11.0 Å².